The summed E-state index contributed by atoms with van der Waals surface area (Å²) in [5.74, 6) is 0. The lowest BCUT2D eigenvalue weighted by Gasteiger charge is -2.08. The molecule has 0 aliphatic heterocycles. The van der Waals surface area contributed by atoms with E-state index in [0.717, 1.165) is 6.42 Å². The van der Waals surface area contributed by atoms with E-state index >= 15 is 0 Å². The summed E-state index contributed by atoms with van der Waals surface area (Å²) < 4.78 is 0. The van der Waals surface area contributed by atoms with E-state index in [9.17, 15) is 0 Å². The molecule has 0 aliphatic carbocycles. The summed E-state index contributed by atoms with van der Waals surface area (Å²) in [6, 6.07) is 10.2. The van der Waals surface area contributed by atoms with Crippen molar-refractivity contribution < 1.29 is 5.11 Å². The fourth-order valence-corrected chi connectivity index (χ4v) is 1.18. The second-order valence-corrected chi connectivity index (χ2v) is 2.96. The van der Waals surface area contributed by atoms with Gasteiger partial charge in [0.1, 0.15) is 0 Å². The van der Waals surface area contributed by atoms with Gasteiger partial charge in [0.15, 0.2) is 0 Å². The lowest BCUT2D eigenvalue weighted by Crippen LogP contribution is -2.23. The zero-order chi connectivity index (χ0) is 8.81. The van der Waals surface area contributed by atoms with Crippen molar-refractivity contribution in [2.75, 3.05) is 6.61 Å². The number of hydrogen-bond acceptors (Lipinski definition) is 2. The van der Waals surface area contributed by atoms with Crippen molar-refractivity contribution in [3.8, 4) is 0 Å². The number of rotatable bonds is 4. The Balaban J connectivity index is 0.00000144. The van der Waals surface area contributed by atoms with Gasteiger partial charge in [-0.3, -0.25) is 0 Å². The monoisotopic (exact) mass is 201 g/mol. The van der Waals surface area contributed by atoms with Crippen LogP contribution in [0.15, 0.2) is 30.3 Å². The highest BCUT2D eigenvalue weighted by atomic mass is 35.5. The summed E-state index contributed by atoms with van der Waals surface area (Å²) in [7, 11) is 0. The Labute approximate surface area is 85.2 Å². The fourth-order valence-electron chi connectivity index (χ4n) is 1.18. The Bertz CT molecular complexity index is 215. The number of nitrogens with two attached hydrogens (primary N) is 1. The van der Waals surface area contributed by atoms with Crippen LogP contribution >= 0.6 is 12.4 Å². The van der Waals surface area contributed by atoms with Crippen LogP contribution in [0.2, 0.25) is 0 Å². The van der Waals surface area contributed by atoms with E-state index in [2.05, 4.69) is 12.1 Å². The minimum atomic E-state index is 0. The van der Waals surface area contributed by atoms with Gasteiger partial charge >= 0.3 is 0 Å². The zero-order valence-electron chi connectivity index (χ0n) is 7.52. The van der Waals surface area contributed by atoms with Gasteiger partial charge in [0.2, 0.25) is 0 Å². The molecule has 1 rings (SSSR count). The molecular weight excluding hydrogens is 186 g/mol. The zero-order valence-corrected chi connectivity index (χ0v) is 8.33. The summed E-state index contributed by atoms with van der Waals surface area (Å²) in [5.41, 5.74) is 6.99. The molecule has 0 amide bonds. The van der Waals surface area contributed by atoms with Crippen LogP contribution in [0.1, 0.15) is 12.0 Å². The van der Waals surface area contributed by atoms with Crippen LogP contribution in [-0.2, 0) is 6.42 Å². The lowest BCUT2D eigenvalue weighted by atomic mass is 10.0. The van der Waals surface area contributed by atoms with Crippen LogP contribution < -0.4 is 5.73 Å². The van der Waals surface area contributed by atoms with Crippen LogP contribution in [0.4, 0.5) is 0 Å². The molecule has 0 bridgehead atoms. The first kappa shape index (κ1) is 12.4. The minimum absolute atomic E-state index is 0. The third kappa shape index (κ3) is 4.88. The highest BCUT2D eigenvalue weighted by Crippen LogP contribution is 2.03. The van der Waals surface area contributed by atoms with E-state index < -0.39 is 0 Å². The number of halogens is 1. The van der Waals surface area contributed by atoms with Crippen molar-refractivity contribution >= 4 is 12.4 Å². The molecule has 0 aliphatic rings. The van der Waals surface area contributed by atoms with E-state index in [1.54, 1.807) is 0 Å². The summed E-state index contributed by atoms with van der Waals surface area (Å²) in [6.45, 7) is 0.175. The summed E-state index contributed by atoms with van der Waals surface area (Å²) in [5, 5.41) is 8.63. The van der Waals surface area contributed by atoms with Gasteiger partial charge in [-0.2, -0.15) is 0 Å². The van der Waals surface area contributed by atoms with Gasteiger partial charge < -0.3 is 10.8 Å². The molecule has 3 heteroatoms. The Morgan fingerprint density at radius 1 is 1.23 bits per heavy atom. The lowest BCUT2D eigenvalue weighted by molar-refractivity contribution is 0.275. The Kier molecular flexibility index (Phi) is 6.59. The summed E-state index contributed by atoms with van der Waals surface area (Å²) in [6.07, 6.45) is 1.52. The maximum absolute atomic E-state index is 8.63. The van der Waals surface area contributed by atoms with Gasteiger partial charge in [0.25, 0.3) is 0 Å². The fraction of sp³-hybridized carbons (Fsp3) is 0.400. The first-order chi connectivity index (χ1) is 5.83. The molecule has 74 valence electrons. The summed E-state index contributed by atoms with van der Waals surface area (Å²) >= 11 is 0. The Morgan fingerprint density at radius 2 is 1.85 bits per heavy atom. The third-order valence-electron chi connectivity index (χ3n) is 1.84. The van der Waals surface area contributed by atoms with Crippen molar-refractivity contribution in [3.63, 3.8) is 0 Å². The van der Waals surface area contributed by atoms with E-state index in [1.165, 1.54) is 5.56 Å². The minimum Gasteiger partial charge on any atom is -0.396 e. The van der Waals surface area contributed by atoms with E-state index in [-0.39, 0.29) is 25.1 Å². The molecule has 0 saturated carbocycles. The molecular formula is C10H16ClNO. The van der Waals surface area contributed by atoms with Gasteiger partial charge in [-0.25, -0.2) is 0 Å². The standard InChI is InChI=1S/C10H15NO.ClH/c11-10(6-7-12)8-9-4-2-1-3-5-9;/h1-5,10,12H,6-8,11H2;1H. The van der Waals surface area contributed by atoms with E-state index in [1.807, 2.05) is 18.2 Å². The first-order valence-corrected chi connectivity index (χ1v) is 4.23. The molecule has 1 aromatic rings. The molecule has 13 heavy (non-hydrogen) atoms. The second kappa shape index (κ2) is 6.89. The van der Waals surface area contributed by atoms with Gasteiger partial charge in [0, 0.05) is 12.6 Å². The molecule has 0 heterocycles. The molecule has 3 N–H and O–H groups in total. The van der Waals surface area contributed by atoms with Gasteiger partial charge in [-0.15, -0.1) is 12.4 Å². The molecule has 1 unspecified atom stereocenters. The highest BCUT2D eigenvalue weighted by Gasteiger charge is 2.01. The van der Waals surface area contributed by atoms with Crippen molar-refractivity contribution in [2.24, 2.45) is 5.73 Å². The molecule has 0 saturated heterocycles. The molecule has 1 atom stereocenters. The van der Waals surface area contributed by atoms with Crippen LogP contribution in [0, 0.1) is 0 Å². The number of benzene rings is 1. The SMILES string of the molecule is Cl.NC(CCO)Cc1ccccc1. The van der Waals surface area contributed by atoms with Crippen LogP contribution in [-0.4, -0.2) is 17.8 Å². The smallest absolute Gasteiger partial charge is 0.0445 e. The third-order valence-corrected chi connectivity index (χ3v) is 1.84. The molecule has 0 fully saturated rings. The van der Waals surface area contributed by atoms with Crippen molar-refractivity contribution in [1.82, 2.24) is 0 Å². The number of aliphatic hydroxyl groups excluding tert-OH is 1. The van der Waals surface area contributed by atoms with Crippen LogP contribution in [0.25, 0.3) is 0 Å². The predicted molar refractivity (Wildman–Crippen MR) is 57.1 cm³/mol. The van der Waals surface area contributed by atoms with Crippen LogP contribution in [0.5, 0.6) is 0 Å². The van der Waals surface area contributed by atoms with Gasteiger partial charge in [-0.1, -0.05) is 30.3 Å². The number of hydrogen-bond donors (Lipinski definition) is 2. The Hall–Kier alpha value is -0.570. The van der Waals surface area contributed by atoms with Gasteiger partial charge in [0.05, 0.1) is 0 Å². The maximum Gasteiger partial charge on any atom is 0.0445 e. The van der Waals surface area contributed by atoms with Crippen molar-refractivity contribution in [1.29, 1.82) is 0 Å². The summed E-state index contributed by atoms with van der Waals surface area (Å²) in [4.78, 5) is 0. The first-order valence-electron chi connectivity index (χ1n) is 4.23. The largest absolute Gasteiger partial charge is 0.396 e. The number of aliphatic hydroxyl groups is 1. The topological polar surface area (TPSA) is 46.2 Å². The average Bonchev–Trinajstić information content (AvgIpc) is 2.06. The van der Waals surface area contributed by atoms with Gasteiger partial charge in [-0.05, 0) is 18.4 Å². The highest BCUT2D eigenvalue weighted by molar-refractivity contribution is 5.85. The molecule has 1 aromatic carbocycles. The van der Waals surface area contributed by atoms with E-state index in [4.69, 9.17) is 10.8 Å². The van der Waals surface area contributed by atoms with Crippen LogP contribution in [0.3, 0.4) is 0 Å². The predicted octanol–water partition coefficient (Wildman–Crippen LogP) is 1.36. The molecule has 2 nitrogen and oxygen atoms in total. The maximum atomic E-state index is 8.63. The normalized spacial score (nSPS) is 11.8. The van der Waals surface area contributed by atoms with E-state index in [0.29, 0.717) is 6.42 Å². The van der Waals surface area contributed by atoms with Crippen molar-refractivity contribution in [3.05, 3.63) is 35.9 Å². The average molecular weight is 202 g/mol. The Morgan fingerprint density at radius 3 is 2.38 bits per heavy atom. The second-order valence-electron chi connectivity index (χ2n) is 2.96. The molecule has 0 radical (unpaired) electrons. The van der Waals surface area contributed by atoms with Crippen molar-refractivity contribution in [2.45, 2.75) is 18.9 Å². The molecule has 0 spiro atoms. The molecule has 0 aromatic heterocycles. The quantitative estimate of drug-likeness (QED) is 0.773.